The predicted molar refractivity (Wildman–Crippen MR) is 121 cm³/mol. The van der Waals surface area contributed by atoms with Crippen LogP contribution in [0, 0.1) is 0 Å². The lowest BCUT2D eigenvalue weighted by atomic mass is 10.1. The van der Waals surface area contributed by atoms with Crippen LogP contribution in [0.25, 0.3) is 11.5 Å². The fourth-order valence-electron chi connectivity index (χ4n) is 3.01. The first kappa shape index (κ1) is 19.7. The molecule has 4 rings (SSSR count). The quantitative estimate of drug-likeness (QED) is 0.304. The van der Waals surface area contributed by atoms with E-state index in [1.165, 1.54) is 0 Å². The minimum absolute atomic E-state index is 0.183. The van der Waals surface area contributed by atoms with Crippen LogP contribution in [0.5, 0.6) is 5.75 Å². The number of hydrogen-bond donors (Lipinski definition) is 2. The Morgan fingerprint density at radius 2 is 1.33 bits per heavy atom. The topological polar surface area (TPSA) is 70.9 Å². The van der Waals surface area contributed by atoms with Gasteiger partial charge in [-0.3, -0.25) is 9.76 Å². The first-order valence-corrected chi connectivity index (χ1v) is 11.3. The molecule has 5 nitrogen and oxygen atoms in total. The average Bonchev–Trinajstić information content (AvgIpc) is 2.79. The second-order valence-corrected chi connectivity index (χ2v) is 9.01. The van der Waals surface area contributed by atoms with Gasteiger partial charge < -0.3 is 9.84 Å². The number of rotatable bonds is 5. The van der Waals surface area contributed by atoms with Gasteiger partial charge in [-0.15, -0.1) is 0 Å². The van der Waals surface area contributed by atoms with E-state index in [0.717, 1.165) is 16.7 Å². The van der Waals surface area contributed by atoms with Gasteiger partial charge in [0.15, 0.2) is 0 Å². The lowest BCUT2D eigenvalue weighted by Gasteiger charge is -2.22. The summed E-state index contributed by atoms with van der Waals surface area (Å²) in [5.41, 5.74) is 3.14. The number of nitrogens with one attached hydrogen (secondary N) is 1. The van der Waals surface area contributed by atoms with E-state index in [0.29, 0.717) is 17.2 Å². The number of hydrazone groups is 1. The molecule has 2 N–H and O–H groups in total. The third kappa shape index (κ3) is 4.53. The zero-order valence-corrected chi connectivity index (χ0v) is 17.3. The molecule has 0 unspecified atom stereocenters. The van der Waals surface area contributed by atoms with Gasteiger partial charge >= 0.3 is 0 Å². The molecule has 1 aliphatic heterocycles. The molecule has 0 fully saturated rings. The molecule has 1 heterocycles. The highest BCUT2D eigenvalue weighted by Gasteiger charge is 2.26. The van der Waals surface area contributed by atoms with Crippen LogP contribution in [0.3, 0.4) is 0 Å². The van der Waals surface area contributed by atoms with Crippen LogP contribution in [0.2, 0.25) is 0 Å². The van der Waals surface area contributed by atoms with Crippen molar-refractivity contribution < 1.29 is 14.4 Å². The summed E-state index contributed by atoms with van der Waals surface area (Å²) in [5.74, 6) is 4.42. The Bertz CT molecular complexity index is 1110. The van der Waals surface area contributed by atoms with Crippen LogP contribution in [0.15, 0.2) is 102 Å². The van der Waals surface area contributed by atoms with E-state index < -0.39 is 7.29 Å². The molecule has 0 atom stereocenters. The summed E-state index contributed by atoms with van der Waals surface area (Å²) in [6.45, 7) is 1.82. The molecular formula is C24H21N2O3P. The second-order valence-electron chi connectivity index (χ2n) is 6.87. The van der Waals surface area contributed by atoms with E-state index in [2.05, 4.69) is 10.3 Å². The smallest absolute Gasteiger partial charge is 0.235 e. The van der Waals surface area contributed by atoms with Crippen LogP contribution in [-0.2, 0) is 9.30 Å². The molecule has 0 saturated heterocycles. The highest BCUT2D eigenvalue weighted by Crippen LogP contribution is 2.53. The predicted octanol–water partition coefficient (Wildman–Crippen LogP) is 6.01. The Morgan fingerprint density at radius 3 is 1.83 bits per heavy atom. The van der Waals surface area contributed by atoms with Crippen molar-refractivity contribution in [3.63, 3.8) is 0 Å². The first-order valence-electron chi connectivity index (χ1n) is 9.47. The third-order valence-electron chi connectivity index (χ3n) is 4.61. The first-order chi connectivity index (χ1) is 14.5. The molecule has 150 valence electrons. The minimum Gasteiger partial charge on any atom is -0.508 e. The van der Waals surface area contributed by atoms with Crippen LogP contribution in [-0.4, -0.2) is 10.8 Å². The summed E-state index contributed by atoms with van der Waals surface area (Å²) < 4.78 is 19.8. The molecule has 3 aromatic carbocycles. The van der Waals surface area contributed by atoms with Crippen LogP contribution in [0.4, 0.5) is 0 Å². The molecule has 3 aromatic rings. The molecule has 0 spiro atoms. The van der Waals surface area contributed by atoms with Crippen LogP contribution >= 0.6 is 7.29 Å². The van der Waals surface area contributed by atoms with E-state index in [-0.39, 0.29) is 5.75 Å². The monoisotopic (exact) mass is 416 g/mol. The van der Waals surface area contributed by atoms with Crippen molar-refractivity contribution in [1.82, 2.24) is 5.20 Å². The summed E-state index contributed by atoms with van der Waals surface area (Å²) in [5, 5.41) is 16.7. The maximum Gasteiger partial charge on any atom is 0.235 e. The van der Waals surface area contributed by atoms with Gasteiger partial charge in [0.05, 0.1) is 5.71 Å². The summed E-state index contributed by atoms with van der Waals surface area (Å²) in [7, 11) is -3.18. The van der Waals surface area contributed by atoms with Gasteiger partial charge in [0.1, 0.15) is 17.3 Å². The molecular weight excluding hydrogens is 395 g/mol. The number of nitrogens with zero attached hydrogens (tertiary/aromatic N) is 1. The maximum absolute atomic E-state index is 13.7. The average molecular weight is 416 g/mol. The number of ether oxygens (including phenoxy) is 1. The summed E-state index contributed by atoms with van der Waals surface area (Å²) in [4.78, 5) is 0. The van der Waals surface area contributed by atoms with Crippen molar-refractivity contribution in [1.29, 1.82) is 0 Å². The van der Waals surface area contributed by atoms with Crippen molar-refractivity contribution >= 4 is 24.5 Å². The highest BCUT2D eigenvalue weighted by molar-refractivity contribution is 7.68. The minimum atomic E-state index is -3.18. The van der Waals surface area contributed by atoms with Gasteiger partial charge in [0, 0.05) is 22.8 Å². The van der Waals surface area contributed by atoms with E-state index in [4.69, 9.17) is 4.74 Å². The Balaban J connectivity index is 1.70. The van der Waals surface area contributed by atoms with E-state index in [9.17, 15) is 9.67 Å². The molecule has 1 aliphatic rings. The molecule has 0 radical (unpaired) electrons. The molecule has 30 heavy (non-hydrogen) atoms. The van der Waals surface area contributed by atoms with Crippen molar-refractivity contribution in [2.45, 2.75) is 6.92 Å². The van der Waals surface area contributed by atoms with E-state index in [1.54, 1.807) is 35.9 Å². The number of benzene rings is 3. The van der Waals surface area contributed by atoms with E-state index >= 15 is 0 Å². The molecule has 6 heteroatoms. The third-order valence-corrected chi connectivity index (χ3v) is 6.26. The van der Waals surface area contributed by atoms with Gasteiger partial charge in [-0.25, -0.2) is 0 Å². The Labute approximate surface area is 175 Å². The lowest BCUT2D eigenvalue weighted by Crippen LogP contribution is -2.08. The van der Waals surface area contributed by atoms with Crippen LogP contribution < -0.4 is 5.20 Å². The zero-order valence-electron chi connectivity index (χ0n) is 16.4. The summed E-state index contributed by atoms with van der Waals surface area (Å²) in [6, 6.07) is 25.8. The van der Waals surface area contributed by atoms with Gasteiger partial charge in [-0.05, 0) is 36.8 Å². The number of phenols is 1. The van der Waals surface area contributed by atoms with Crippen molar-refractivity contribution in [3.8, 4) is 5.75 Å². The van der Waals surface area contributed by atoms with Gasteiger partial charge in [-0.2, -0.15) is 5.10 Å². The largest absolute Gasteiger partial charge is 0.508 e. The molecule has 0 saturated carbocycles. The lowest BCUT2D eigenvalue weighted by molar-refractivity contribution is 0.468. The SMILES string of the molecule is C/C(=N\NP1(=O)C=C(c2ccccc2)OC(c2ccccc2)=C1)c1ccc(O)cc1. The molecule has 0 bridgehead atoms. The summed E-state index contributed by atoms with van der Waals surface area (Å²) in [6.07, 6.45) is 0. The second kappa shape index (κ2) is 8.44. The fourth-order valence-corrected chi connectivity index (χ4v) is 4.60. The van der Waals surface area contributed by atoms with E-state index in [1.807, 2.05) is 67.6 Å². The Morgan fingerprint density at radius 1 is 0.833 bits per heavy atom. The Kier molecular flexibility index (Phi) is 5.55. The molecule has 0 amide bonds. The van der Waals surface area contributed by atoms with Gasteiger partial charge in [-0.1, -0.05) is 60.7 Å². The van der Waals surface area contributed by atoms with Crippen LogP contribution in [0.1, 0.15) is 23.6 Å². The number of hydrogen-bond acceptors (Lipinski definition) is 4. The number of aromatic hydroxyl groups is 1. The van der Waals surface area contributed by atoms with Gasteiger partial charge in [0.2, 0.25) is 7.29 Å². The standard InChI is InChI=1S/C24H21N2O3P/c1-18(19-12-14-22(27)15-13-19)25-26-30(28)16-23(20-8-4-2-5-9-20)29-24(17-30)21-10-6-3-7-11-21/h2-17,27H,1H3,(H,26,28)/b25-18+. The van der Waals surface area contributed by atoms with Crippen molar-refractivity contribution in [3.05, 3.63) is 113 Å². The van der Waals surface area contributed by atoms with Crippen molar-refractivity contribution in [2.75, 3.05) is 0 Å². The molecule has 0 aromatic heterocycles. The number of phenolic OH excluding ortho intramolecular Hbond substituents is 1. The maximum atomic E-state index is 13.7. The fraction of sp³-hybridized carbons (Fsp3) is 0.0417. The van der Waals surface area contributed by atoms with Gasteiger partial charge in [0.25, 0.3) is 0 Å². The van der Waals surface area contributed by atoms with Crippen molar-refractivity contribution in [2.24, 2.45) is 5.10 Å². The zero-order chi connectivity index (χ0) is 21.0. The highest BCUT2D eigenvalue weighted by atomic mass is 31.2. The normalized spacial score (nSPS) is 15.6. The summed E-state index contributed by atoms with van der Waals surface area (Å²) >= 11 is 0. The molecule has 0 aliphatic carbocycles. The Hall–Kier alpha value is -3.56.